The summed E-state index contributed by atoms with van der Waals surface area (Å²) in [4.78, 5) is 0. The minimum Gasteiger partial charge on any atom is -0.313 e. The molecule has 0 fully saturated rings. The summed E-state index contributed by atoms with van der Waals surface area (Å²) in [6.45, 7) is 9.03. The van der Waals surface area contributed by atoms with E-state index in [2.05, 4.69) is 44.4 Å². The molecule has 0 amide bonds. The van der Waals surface area contributed by atoms with Crippen molar-refractivity contribution in [1.29, 1.82) is 0 Å². The molecule has 2 aromatic rings. The average Bonchev–Trinajstić information content (AvgIpc) is 2.79. The van der Waals surface area contributed by atoms with Crippen LogP contribution in [0.2, 0.25) is 0 Å². The standard InChI is InChI=1S/C15H23N5/c1-6-20-13(7-11(3)19-20)9-15(16-5)14-8-10(2)17-18-12(14)4/h7-8,15-16H,6,9H2,1-5H3. The Labute approximate surface area is 120 Å². The molecule has 1 unspecified atom stereocenters. The van der Waals surface area contributed by atoms with Crippen molar-refractivity contribution in [2.45, 2.75) is 46.7 Å². The van der Waals surface area contributed by atoms with E-state index >= 15 is 0 Å². The Morgan fingerprint density at radius 3 is 2.55 bits per heavy atom. The van der Waals surface area contributed by atoms with Crippen LogP contribution in [-0.2, 0) is 13.0 Å². The SMILES string of the molecule is CCn1nc(C)cc1CC(NC)c1cc(C)nnc1C. The quantitative estimate of drug-likeness (QED) is 0.906. The van der Waals surface area contributed by atoms with Crippen LogP contribution < -0.4 is 5.32 Å². The van der Waals surface area contributed by atoms with Gasteiger partial charge in [0, 0.05) is 24.7 Å². The summed E-state index contributed by atoms with van der Waals surface area (Å²) in [5, 5.41) is 16.2. The van der Waals surface area contributed by atoms with Crippen molar-refractivity contribution >= 4 is 0 Å². The van der Waals surface area contributed by atoms with Crippen LogP contribution in [-0.4, -0.2) is 27.0 Å². The molecule has 2 aromatic heterocycles. The zero-order valence-electron chi connectivity index (χ0n) is 12.9. The maximum Gasteiger partial charge on any atom is 0.0648 e. The number of hydrogen-bond acceptors (Lipinski definition) is 4. The van der Waals surface area contributed by atoms with E-state index in [1.165, 1.54) is 11.3 Å². The summed E-state index contributed by atoms with van der Waals surface area (Å²) in [5.41, 5.74) is 5.46. The zero-order valence-corrected chi connectivity index (χ0v) is 12.9. The van der Waals surface area contributed by atoms with Crippen LogP contribution in [0.3, 0.4) is 0 Å². The number of nitrogens with one attached hydrogen (secondary N) is 1. The van der Waals surface area contributed by atoms with Crippen LogP contribution >= 0.6 is 0 Å². The Balaban J connectivity index is 2.30. The Hall–Kier alpha value is -1.75. The van der Waals surface area contributed by atoms with Gasteiger partial charge in [-0.25, -0.2) is 0 Å². The van der Waals surface area contributed by atoms with Gasteiger partial charge in [0.05, 0.1) is 17.1 Å². The molecule has 1 atom stereocenters. The van der Waals surface area contributed by atoms with Gasteiger partial charge in [-0.15, -0.1) is 0 Å². The lowest BCUT2D eigenvalue weighted by Gasteiger charge is -2.18. The first-order chi connectivity index (χ1) is 9.55. The van der Waals surface area contributed by atoms with E-state index in [1.807, 2.05) is 27.8 Å². The minimum atomic E-state index is 0.227. The molecule has 0 aromatic carbocycles. The van der Waals surface area contributed by atoms with Gasteiger partial charge in [-0.1, -0.05) is 0 Å². The second-order valence-corrected chi connectivity index (χ2v) is 5.16. The van der Waals surface area contributed by atoms with Gasteiger partial charge in [0.1, 0.15) is 0 Å². The molecular formula is C15H23N5. The highest BCUT2D eigenvalue weighted by molar-refractivity contribution is 5.25. The highest BCUT2D eigenvalue weighted by Crippen LogP contribution is 2.21. The number of hydrogen-bond donors (Lipinski definition) is 1. The van der Waals surface area contributed by atoms with Crippen LogP contribution in [0.4, 0.5) is 0 Å². The summed E-state index contributed by atoms with van der Waals surface area (Å²) in [6, 6.07) is 4.50. The van der Waals surface area contributed by atoms with E-state index in [0.29, 0.717) is 0 Å². The van der Waals surface area contributed by atoms with E-state index in [9.17, 15) is 0 Å². The smallest absolute Gasteiger partial charge is 0.0648 e. The van der Waals surface area contributed by atoms with Crippen LogP contribution in [0.15, 0.2) is 12.1 Å². The molecule has 0 spiro atoms. The summed E-state index contributed by atoms with van der Waals surface area (Å²) in [6.07, 6.45) is 0.900. The van der Waals surface area contributed by atoms with E-state index < -0.39 is 0 Å². The van der Waals surface area contributed by atoms with E-state index in [-0.39, 0.29) is 6.04 Å². The molecule has 2 heterocycles. The molecular weight excluding hydrogens is 250 g/mol. The predicted molar refractivity (Wildman–Crippen MR) is 79.6 cm³/mol. The van der Waals surface area contributed by atoms with Gasteiger partial charge >= 0.3 is 0 Å². The lowest BCUT2D eigenvalue weighted by atomic mass is 10.0. The summed E-state index contributed by atoms with van der Waals surface area (Å²) >= 11 is 0. The lowest BCUT2D eigenvalue weighted by molar-refractivity contribution is 0.536. The predicted octanol–water partition coefficient (Wildman–Crippen LogP) is 2.12. The first kappa shape index (κ1) is 14.7. The minimum absolute atomic E-state index is 0.227. The molecule has 5 heteroatoms. The highest BCUT2D eigenvalue weighted by atomic mass is 15.3. The average molecular weight is 273 g/mol. The Kier molecular flexibility index (Phi) is 4.49. The molecule has 0 saturated carbocycles. The Bertz CT molecular complexity index is 588. The van der Waals surface area contributed by atoms with Crippen molar-refractivity contribution in [3.05, 3.63) is 40.5 Å². The van der Waals surface area contributed by atoms with E-state index in [0.717, 1.165) is 30.0 Å². The molecule has 0 saturated heterocycles. The fraction of sp³-hybridized carbons (Fsp3) is 0.533. The first-order valence-electron chi connectivity index (χ1n) is 7.06. The van der Waals surface area contributed by atoms with Crippen LogP contribution in [0, 0.1) is 20.8 Å². The zero-order chi connectivity index (χ0) is 14.7. The van der Waals surface area contributed by atoms with Crippen molar-refractivity contribution in [2.75, 3.05) is 7.05 Å². The molecule has 20 heavy (non-hydrogen) atoms. The third kappa shape index (κ3) is 3.04. The molecule has 0 radical (unpaired) electrons. The first-order valence-corrected chi connectivity index (χ1v) is 7.06. The maximum absolute atomic E-state index is 4.51. The van der Waals surface area contributed by atoms with Crippen molar-refractivity contribution in [1.82, 2.24) is 25.3 Å². The molecule has 0 aliphatic carbocycles. The maximum atomic E-state index is 4.51. The Morgan fingerprint density at radius 1 is 1.15 bits per heavy atom. The van der Waals surface area contributed by atoms with Crippen LogP contribution in [0.1, 0.15) is 41.3 Å². The van der Waals surface area contributed by atoms with Crippen LogP contribution in [0.25, 0.3) is 0 Å². The third-order valence-electron chi connectivity index (χ3n) is 3.56. The number of nitrogens with zero attached hydrogens (tertiary/aromatic N) is 4. The topological polar surface area (TPSA) is 55.6 Å². The Morgan fingerprint density at radius 2 is 1.90 bits per heavy atom. The number of likely N-dealkylation sites (N-methyl/N-ethyl adjacent to an activating group) is 1. The molecule has 2 rings (SSSR count). The van der Waals surface area contributed by atoms with Crippen molar-refractivity contribution in [3.8, 4) is 0 Å². The molecule has 5 nitrogen and oxygen atoms in total. The monoisotopic (exact) mass is 273 g/mol. The molecule has 0 aliphatic heterocycles. The van der Waals surface area contributed by atoms with Gasteiger partial charge in [0.15, 0.2) is 0 Å². The summed E-state index contributed by atoms with van der Waals surface area (Å²) in [5.74, 6) is 0. The molecule has 0 bridgehead atoms. The number of aromatic nitrogens is 4. The lowest BCUT2D eigenvalue weighted by Crippen LogP contribution is -2.22. The van der Waals surface area contributed by atoms with Gasteiger partial charge in [-0.2, -0.15) is 15.3 Å². The van der Waals surface area contributed by atoms with E-state index in [4.69, 9.17) is 0 Å². The van der Waals surface area contributed by atoms with Crippen LogP contribution in [0.5, 0.6) is 0 Å². The van der Waals surface area contributed by atoms with Gasteiger partial charge in [0.25, 0.3) is 0 Å². The largest absolute Gasteiger partial charge is 0.313 e. The van der Waals surface area contributed by atoms with Gasteiger partial charge in [0.2, 0.25) is 0 Å². The van der Waals surface area contributed by atoms with Crippen molar-refractivity contribution < 1.29 is 0 Å². The normalized spacial score (nSPS) is 12.7. The second-order valence-electron chi connectivity index (χ2n) is 5.16. The van der Waals surface area contributed by atoms with Crippen molar-refractivity contribution in [2.24, 2.45) is 0 Å². The highest BCUT2D eigenvalue weighted by Gasteiger charge is 2.17. The molecule has 0 aliphatic rings. The fourth-order valence-electron chi connectivity index (χ4n) is 2.54. The summed E-state index contributed by atoms with van der Waals surface area (Å²) in [7, 11) is 1.99. The van der Waals surface area contributed by atoms with E-state index in [1.54, 1.807) is 0 Å². The summed E-state index contributed by atoms with van der Waals surface area (Å²) < 4.78 is 2.07. The third-order valence-corrected chi connectivity index (χ3v) is 3.56. The number of rotatable bonds is 5. The van der Waals surface area contributed by atoms with Gasteiger partial charge < -0.3 is 5.32 Å². The number of aryl methyl sites for hydroxylation is 4. The second kappa shape index (κ2) is 6.13. The molecule has 1 N–H and O–H groups in total. The van der Waals surface area contributed by atoms with Crippen molar-refractivity contribution in [3.63, 3.8) is 0 Å². The fourth-order valence-corrected chi connectivity index (χ4v) is 2.54. The van der Waals surface area contributed by atoms with Gasteiger partial charge in [-0.3, -0.25) is 4.68 Å². The van der Waals surface area contributed by atoms with Gasteiger partial charge in [-0.05, 0) is 52.4 Å². The molecule has 108 valence electrons.